The van der Waals surface area contributed by atoms with Gasteiger partial charge in [-0.15, -0.1) is 6.58 Å². The zero-order valence-electron chi connectivity index (χ0n) is 9.57. The molecule has 0 fully saturated rings. The molecule has 16 heavy (non-hydrogen) atoms. The van der Waals surface area contributed by atoms with Gasteiger partial charge in [0.15, 0.2) is 0 Å². The number of allylic oxidation sites excluding steroid dienone is 1. The quantitative estimate of drug-likeness (QED) is 0.702. The van der Waals surface area contributed by atoms with Crippen molar-refractivity contribution in [3.05, 3.63) is 60.2 Å². The summed E-state index contributed by atoms with van der Waals surface area (Å²) in [6.45, 7) is 4.48. The first-order chi connectivity index (χ1) is 7.86. The van der Waals surface area contributed by atoms with Gasteiger partial charge in [-0.2, -0.15) is 0 Å². The standard InChI is InChI=1S/C15H16O/c1-3-6-14-13(11-16-2)10-9-12-7-4-5-8-15(12)14/h3-5,7-10H,1,6,11H2,2H3. The molecule has 0 radical (unpaired) electrons. The van der Waals surface area contributed by atoms with Crippen LogP contribution in [0.3, 0.4) is 0 Å². The lowest BCUT2D eigenvalue weighted by molar-refractivity contribution is 0.184. The van der Waals surface area contributed by atoms with Crippen LogP contribution in [0, 0.1) is 0 Å². The van der Waals surface area contributed by atoms with E-state index < -0.39 is 0 Å². The maximum Gasteiger partial charge on any atom is 0.0716 e. The molecule has 0 heterocycles. The van der Waals surface area contributed by atoms with Gasteiger partial charge in [0.05, 0.1) is 6.61 Å². The molecule has 0 saturated heterocycles. The molecular weight excluding hydrogens is 196 g/mol. The molecule has 0 atom stereocenters. The smallest absolute Gasteiger partial charge is 0.0716 e. The van der Waals surface area contributed by atoms with Gasteiger partial charge in [0, 0.05) is 7.11 Å². The Balaban J connectivity index is 2.63. The van der Waals surface area contributed by atoms with Crippen LogP contribution in [-0.4, -0.2) is 7.11 Å². The predicted molar refractivity (Wildman–Crippen MR) is 68.6 cm³/mol. The summed E-state index contributed by atoms with van der Waals surface area (Å²) in [4.78, 5) is 0. The summed E-state index contributed by atoms with van der Waals surface area (Å²) in [7, 11) is 1.73. The van der Waals surface area contributed by atoms with Crippen molar-refractivity contribution in [1.29, 1.82) is 0 Å². The molecule has 0 aromatic heterocycles. The molecule has 1 nitrogen and oxygen atoms in total. The normalized spacial score (nSPS) is 10.6. The number of hydrogen-bond donors (Lipinski definition) is 0. The van der Waals surface area contributed by atoms with Crippen molar-refractivity contribution in [2.24, 2.45) is 0 Å². The van der Waals surface area contributed by atoms with Gasteiger partial charge in [0.2, 0.25) is 0 Å². The number of ether oxygens (including phenoxy) is 1. The van der Waals surface area contributed by atoms with Crippen molar-refractivity contribution in [3.8, 4) is 0 Å². The third-order valence-electron chi connectivity index (χ3n) is 2.79. The summed E-state index contributed by atoms with van der Waals surface area (Å²) in [5.74, 6) is 0. The molecule has 2 aromatic rings. The van der Waals surface area contributed by atoms with Gasteiger partial charge in [-0.05, 0) is 28.3 Å². The van der Waals surface area contributed by atoms with E-state index in [9.17, 15) is 0 Å². The van der Waals surface area contributed by atoms with Crippen molar-refractivity contribution in [1.82, 2.24) is 0 Å². The fraction of sp³-hybridized carbons (Fsp3) is 0.200. The largest absolute Gasteiger partial charge is 0.380 e. The SMILES string of the molecule is C=CCc1c(COC)ccc2ccccc12. The van der Waals surface area contributed by atoms with Crippen LogP contribution >= 0.6 is 0 Å². The molecule has 0 aliphatic heterocycles. The Kier molecular flexibility index (Phi) is 3.37. The highest BCUT2D eigenvalue weighted by Crippen LogP contribution is 2.23. The number of fused-ring (bicyclic) bond motifs is 1. The van der Waals surface area contributed by atoms with Crippen molar-refractivity contribution < 1.29 is 4.74 Å². The molecular formula is C15H16O. The molecule has 82 valence electrons. The monoisotopic (exact) mass is 212 g/mol. The molecule has 0 spiro atoms. The fourth-order valence-corrected chi connectivity index (χ4v) is 2.06. The van der Waals surface area contributed by atoms with Crippen LogP contribution < -0.4 is 0 Å². The average molecular weight is 212 g/mol. The molecule has 0 amide bonds. The van der Waals surface area contributed by atoms with E-state index in [0.717, 1.165) is 6.42 Å². The van der Waals surface area contributed by atoms with Crippen LogP contribution in [-0.2, 0) is 17.8 Å². The number of rotatable bonds is 4. The van der Waals surface area contributed by atoms with E-state index in [-0.39, 0.29) is 0 Å². The Morgan fingerprint density at radius 1 is 1.19 bits per heavy atom. The van der Waals surface area contributed by atoms with Gasteiger partial charge >= 0.3 is 0 Å². The minimum Gasteiger partial charge on any atom is -0.380 e. The number of benzene rings is 2. The Labute approximate surface area is 96.4 Å². The minimum absolute atomic E-state index is 0.661. The second-order valence-corrected chi connectivity index (χ2v) is 3.85. The summed E-state index contributed by atoms with van der Waals surface area (Å²) in [6, 6.07) is 12.7. The second-order valence-electron chi connectivity index (χ2n) is 3.85. The molecule has 0 bridgehead atoms. The first-order valence-electron chi connectivity index (χ1n) is 5.46. The van der Waals surface area contributed by atoms with E-state index in [1.54, 1.807) is 7.11 Å². The zero-order valence-corrected chi connectivity index (χ0v) is 9.57. The summed E-state index contributed by atoms with van der Waals surface area (Å²) < 4.78 is 5.23. The molecule has 0 aliphatic rings. The molecule has 0 N–H and O–H groups in total. The summed E-state index contributed by atoms with van der Waals surface area (Å²) in [6.07, 6.45) is 2.83. The minimum atomic E-state index is 0.661. The van der Waals surface area contributed by atoms with Crippen LogP contribution in [0.25, 0.3) is 10.8 Å². The van der Waals surface area contributed by atoms with Crippen LogP contribution in [0.1, 0.15) is 11.1 Å². The van der Waals surface area contributed by atoms with E-state index in [0.29, 0.717) is 6.61 Å². The van der Waals surface area contributed by atoms with E-state index in [2.05, 4.69) is 43.0 Å². The van der Waals surface area contributed by atoms with Gasteiger partial charge in [-0.3, -0.25) is 0 Å². The van der Waals surface area contributed by atoms with Gasteiger partial charge in [0.1, 0.15) is 0 Å². The topological polar surface area (TPSA) is 9.23 Å². The maximum absolute atomic E-state index is 5.23. The van der Waals surface area contributed by atoms with Crippen molar-refractivity contribution >= 4 is 10.8 Å². The van der Waals surface area contributed by atoms with Crippen molar-refractivity contribution in [2.45, 2.75) is 13.0 Å². The lowest BCUT2D eigenvalue weighted by Gasteiger charge is -2.11. The molecule has 0 aliphatic carbocycles. The average Bonchev–Trinajstić information content (AvgIpc) is 2.32. The van der Waals surface area contributed by atoms with Crippen LogP contribution in [0.15, 0.2) is 49.1 Å². The van der Waals surface area contributed by atoms with Crippen LogP contribution in [0.5, 0.6) is 0 Å². The van der Waals surface area contributed by atoms with Gasteiger partial charge in [-0.25, -0.2) is 0 Å². The Bertz CT molecular complexity index is 500. The van der Waals surface area contributed by atoms with Crippen LogP contribution in [0.2, 0.25) is 0 Å². The van der Waals surface area contributed by atoms with E-state index in [4.69, 9.17) is 4.74 Å². The Hall–Kier alpha value is -1.60. The fourth-order valence-electron chi connectivity index (χ4n) is 2.06. The van der Waals surface area contributed by atoms with E-state index >= 15 is 0 Å². The Morgan fingerprint density at radius 2 is 2.00 bits per heavy atom. The zero-order chi connectivity index (χ0) is 11.4. The third kappa shape index (κ3) is 2.00. The third-order valence-corrected chi connectivity index (χ3v) is 2.79. The highest BCUT2D eigenvalue weighted by Gasteiger charge is 2.05. The first kappa shape index (κ1) is 10.9. The summed E-state index contributed by atoms with van der Waals surface area (Å²) in [5, 5.41) is 2.58. The van der Waals surface area contributed by atoms with E-state index in [1.807, 2.05) is 6.08 Å². The molecule has 2 rings (SSSR count). The second kappa shape index (κ2) is 4.95. The first-order valence-corrected chi connectivity index (χ1v) is 5.46. The van der Waals surface area contributed by atoms with E-state index in [1.165, 1.54) is 21.9 Å². The maximum atomic E-state index is 5.23. The molecule has 0 saturated carbocycles. The highest BCUT2D eigenvalue weighted by atomic mass is 16.5. The molecule has 0 unspecified atom stereocenters. The summed E-state index contributed by atoms with van der Waals surface area (Å²) >= 11 is 0. The number of methoxy groups -OCH3 is 1. The lowest BCUT2D eigenvalue weighted by Crippen LogP contribution is -1.96. The molecule has 1 heteroatoms. The van der Waals surface area contributed by atoms with Crippen molar-refractivity contribution in [3.63, 3.8) is 0 Å². The van der Waals surface area contributed by atoms with Gasteiger partial charge < -0.3 is 4.74 Å². The van der Waals surface area contributed by atoms with Crippen molar-refractivity contribution in [2.75, 3.05) is 7.11 Å². The molecule has 2 aromatic carbocycles. The van der Waals surface area contributed by atoms with Crippen LogP contribution in [0.4, 0.5) is 0 Å². The highest BCUT2D eigenvalue weighted by molar-refractivity contribution is 5.86. The number of hydrogen-bond acceptors (Lipinski definition) is 1. The predicted octanol–water partition coefficient (Wildman–Crippen LogP) is 3.71. The Morgan fingerprint density at radius 3 is 2.75 bits per heavy atom. The van der Waals surface area contributed by atoms with Gasteiger partial charge in [-0.1, -0.05) is 42.5 Å². The van der Waals surface area contributed by atoms with Gasteiger partial charge in [0.25, 0.3) is 0 Å². The lowest BCUT2D eigenvalue weighted by atomic mass is 9.97. The summed E-state index contributed by atoms with van der Waals surface area (Å²) in [5.41, 5.74) is 2.58.